The number of rotatable bonds is 4. The van der Waals surface area contributed by atoms with Crippen molar-refractivity contribution in [3.63, 3.8) is 0 Å². The molecule has 5 heteroatoms. The largest absolute Gasteiger partial charge is 0.470 e. The molecule has 1 aliphatic rings. The van der Waals surface area contributed by atoms with Crippen LogP contribution in [0.2, 0.25) is 0 Å². The van der Waals surface area contributed by atoms with Gasteiger partial charge >= 0.3 is 6.09 Å². The Kier molecular flexibility index (Phi) is 5.31. The average Bonchev–Trinajstić information content (AvgIpc) is 2.62. The van der Waals surface area contributed by atoms with Crippen LogP contribution in [-0.2, 0) is 11.3 Å². The van der Waals surface area contributed by atoms with E-state index in [1.165, 1.54) is 4.90 Å². The summed E-state index contributed by atoms with van der Waals surface area (Å²) in [6.07, 6.45) is -1.66. The number of para-hydroxylation sites is 1. The molecule has 0 bridgehead atoms. The van der Waals surface area contributed by atoms with Crippen molar-refractivity contribution in [2.45, 2.75) is 31.8 Å². The summed E-state index contributed by atoms with van der Waals surface area (Å²) in [6, 6.07) is 18.6. The first-order chi connectivity index (χ1) is 11.7. The van der Waals surface area contributed by atoms with Gasteiger partial charge in [0.15, 0.2) is 6.23 Å². The highest BCUT2D eigenvalue weighted by Crippen LogP contribution is 2.24. The van der Waals surface area contributed by atoms with Gasteiger partial charge in [0.05, 0.1) is 0 Å². The van der Waals surface area contributed by atoms with E-state index in [1.54, 1.807) is 12.1 Å². The van der Waals surface area contributed by atoms with Crippen LogP contribution < -0.4 is 4.74 Å². The highest BCUT2D eigenvalue weighted by atomic mass is 19.1. The lowest BCUT2D eigenvalue weighted by Gasteiger charge is -2.36. The lowest BCUT2D eigenvalue weighted by Crippen LogP contribution is -2.49. The normalized spacial score (nSPS) is 20.5. The molecule has 1 fully saturated rings. The number of alkyl halides is 1. The number of amides is 1. The molecule has 0 saturated carbocycles. The zero-order valence-electron chi connectivity index (χ0n) is 13.3. The predicted octanol–water partition coefficient (Wildman–Crippen LogP) is 4.16. The van der Waals surface area contributed by atoms with E-state index in [4.69, 9.17) is 9.47 Å². The van der Waals surface area contributed by atoms with Gasteiger partial charge in [0.25, 0.3) is 0 Å². The molecule has 4 nitrogen and oxygen atoms in total. The maximum absolute atomic E-state index is 13.8. The molecule has 2 unspecified atom stereocenters. The first-order valence-electron chi connectivity index (χ1n) is 8.05. The summed E-state index contributed by atoms with van der Waals surface area (Å²) in [5, 5.41) is 0. The molecular weight excluding hydrogens is 309 g/mol. The van der Waals surface area contributed by atoms with Crippen LogP contribution in [0.15, 0.2) is 60.7 Å². The first-order valence-corrected chi connectivity index (χ1v) is 8.05. The SMILES string of the molecule is O=C(OCc1ccccc1)N1CCC(F)CC1Oc1ccccc1. The quantitative estimate of drug-likeness (QED) is 0.845. The van der Waals surface area contributed by atoms with Crippen molar-refractivity contribution in [3.8, 4) is 5.75 Å². The third-order valence-corrected chi connectivity index (χ3v) is 3.94. The van der Waals surface area contributed by atoms with Crippen molar-refractivity contribution in [1.29, 1.82) is 0 Å². The van der Waals surface area contributed by atoms with Crippen LogP contribution in [0.5, 0.6) is 5.75 Å². The summed E-state index contributed by atoms with van der Waals surface area (Å²) < 4.78 is 24.9. The molecule has 1 amide bonds. The minimum atomic E-state index is -0.975. The Hall–Kier alpha value is -2.56. The third-order valence-electron chi connectivity index (χ3n) is 3.94. The van der Waals surface area contributed by atoms with E-state index >= 15 is 0 Å². The van der Waals surface area contributed by atoms with Crippen molar-refractivity contribution in [1.82, 2.24) is 4.90 Å². The maximum atomic E-state index is 13.8. The van der Waals surface area contributed by atoms with E-state index in [0.29, 0.717) is 12.2 Å². The van der Waals surface area contributed by atoms with Crippen molar-refractivity contribution < 1.29 is 18.7 Å². The Morgan fingerprint density at radius 1 is 1.08 bits per heavy atom. The number of ether oxygens (including phenoxy) is 2. The summed E-state index contributed by atoms with van der Waals surface area (Å²) in [6.45, 7) is 0.472. The Labute approximate surface area is 140 Å². The highest BCUT2D eigenvalue weighted by molar-refractivity contribution is 5.68. The minimum absolute atomic E-state index is 0.148. The van der Waals surface area contributed by atoms with Crippen molar-refractivity contribution in [3.05, 3.63) is 66.2 Å². The molecule has 0 radical (unpaired) electrons. The number of nitrogens with zero attached hydrogens (tertiary/aromatic N) is 1. The van der Waals surface area contributed by atoms with Crippen molar-refractivity contribution in [2.75, 3.05) is 6.54 Å². The van der Waals surface area contributed by atoms with Gasteiger partial charge in [-0.2, -0.15) is 0 Å². The molecule has 24 heavy (non-hydrogen) atoms. The summed E-state index contributed by atoms with van der Waals surface area (Å²) in [4.78, 5) is 13.8. The van der Waals surface area contributed by atoms with Crippen LogP contribution in [0, 0.1) is 0 Å². The van der Waals surface area contributed by atoms with Crippen LogP contribution >= 0.6 is 0 Å². The summed E-state index contributed by atoms with van der Waals surface area (Å²) in [5.74, 6) is 0.609. The standard InChI is InChI=1S/C19H20FNO3/c20-16-11-12-21(18(13-16)24-17-9-5-2-6-10-17)19(22)23-14-15-7-3-1-4-8-15/h1-10,16,18H,11-14H2. The Bertz CT molecular complexity index is 650. The van der Waals surface area contributed by atoms with Gasteiger partial charge in [-0.05, 0) is 24.1 Å². The Balaban J connectivity index is 1.63. The van der Waals surface area contributed by atoms with Crippen molar-refractivity contribution >= 4 is 6.09 Å². The number of carbonyl (C=O) groups excluding carboxylic acids is 1. The number of carbonyl (C=O) groups is 1. The van der Waals surface area contributed by atoms with Crippen LogP contribution in [0.1, 0.15) is 18.4 Å². The zero-order chi connectivity index (χ0) is 16.8. The molecule has 3 rings (SSSR count). The number of likely N-dealkylation sites (tertiary alicyclic amines) is 1. The van der Waals surface area contributed by atoms with Crippen LogP contribution in [0.25, 0.3) is 0 Å². The molecule has 2 aromatic rings. The van der Waals surface area contributed by atoms with Crippen LogP contribution in [0.3, 0.4) is 0 Å². The topological polar surface area (TPSA) is 38.8 Å². The molecule has 0 spiro atoms. The second-order valence-electron chi connectivity index (χ2n) is 5.74. The van der Waals surface area contributed by atoms with Gasteiger partial charge in [-0.25, -0.2) is 9.18 Å². The fraction of sp³-hybridized carbons (Fsp3) is 0.316. The van der Waals surface area contributed by atoms with E-state index in [0.717, 1.165) is 5.56 Å². The molecule has 0 N–H and O–H groups in total. The predicted molar refractivity (Wildman–Crippen MR) is 88.3 cm³/mol. The van der Waals surface area contributed by atoms with Crippen LogP contribution in [-0.4, -0.2) is 29.9 Å². The van der Waals surface area contributed by atoms with E-state index in [1.807, 2.05) is 48.5 Å². The van der Waals surface area contributed by atoms with E-state index in [2.05, 4.69) is 0 Å². The Morgan fingerprint density at radius 2 is 1.75 bits per heavy atom. The molecule has 2 atom stereocenters. The summed E-state index contributed by atoms with van der Waals surface area (Å²) >= 11 is 0. The van der Waals surface area contributed by atoms with Gasteiger partial charge in [0, 0.05) is 13.0 Å². The van der Waals surface area contributed by atoms with Gasteiger partial charge < -0.3 is 9.47 Å². The highest BCUT2D eigenvalue weighted by Gasteiger charge is 2.34. The molecule has 0 aromatic heterocycles. The minimum Gasteiger partial charge on any atom is -0.470 e. The van der Waals surface area contributed by atoms with Gasteiger partial charge in [-0.3, -0.25) is 4.90 Å². The number of hydrogen-bond acceptors (Lipinski definition) is 3. The lowest BCUT2D eigenvalue weighted by atomic mass is 10.1. The van der Waals surface area contributed by atoms with Crippen molar-refractivity contribution in [2.24, 2.45) is 0 Å². The lowest BCUT2D eigenvalue weighted by molar-refractivity contribution is -0.0293. The van der Waals surface area contributed by atoms with Gasteiger partial charge in [-0.15, -0.1) is 0 Å². The smallest absolute Gasteiger partial charge is 0.413 e. The molecule has 1 saturated heterocycles. The average molecular weight is 329 g/mol. The number of halogens is 1. The summed E-state index contributed by atoms with van der Waals surface area (Å²) in [5.41, 5.74) is 0.909. The molecule has 0 aliphatic carbocycles. The maximum Gasteiger partial charge on any atom is 0.413 e. The fourth-order valence-corrected chi connectivity index (χ4v) is 2.67. The first kappa shape index (κ1) is 16.3. The molecule has 1 aliphatic heterocycles. The number of benzene rings is 2. The van der Waals surface area contributed by atoms with E-state index in [-0.39, 0.29) is 19.6 Å². The Morgan fingerprint density at radius 3 is 2.46 bits per heavy atom. The second kappa shape index (κ2) is 7.81. The fourth-order valence-electron chi connectivity index (χ4n) is 2.67. The van der Waals surface area contributed by atoms with Gasteiger partial charge in [0.1, 0.15) is 18.5 Å². The molecule has 1 heterocycles. The second-order valence-corrected chi connectivity index (χ2v) is 5.74. The summed E-state index contributed by atoms with van der Waals surface area (Å²) in [7, 11) is 0. The molecule has 2 aromatic carbocycles. The molecular formula is C19H20FNO3. The molecule has 126 valence electrons. The third kappa shape index (κ3) is 4.25. The van der Waals surface area contributed by atoms with E-state index in [9.17, 15) is 9.18 Å². The number of hydrogen-bond donors (Lipinski definition) is 0. The zero-order valence-corrected chi connectivity index (χ0v) is 13.3. The van der Waals surface area contributed by atoms with E-state index < -0.39 is 18.5 Å². The monoisotopic (exact) mass is 329 g/mol. The number of piperidine rings is 1. The van der Waals surface area contributed by atoms with Gasteiger partial charge in [-0.1, -0.05) is 48.5 Å². The van der Waals surface area contributed by atoms with Crippen LogP contribution in [0.4, 0.5) is 9.18 Å². The van der Waals surface area contributed by atoms with Gasteiger partial charge in [0.2, 0.25) is 0 Å².